The summed E-state index contributed by atoms with van der Waals surface area (Å²) in [6, 6.07) is 5.97. The Bertz CT molecular complexity index is 611. The van der Waals surface area contributed by atoms with Crippen LogP contribution in [0.5, 0.6) is 0 Å². The van der Waals surface area contributed by atoms with Crippen LogP contribution in [0.25, 0.3) is 10.1 Å². The molecule has 2 aromatic rings. The van der Waals surface area contributed by atoms with Crippen molar-refractivity contribution in [3.63, 3.8) is 0 Å². The van der Waals surface area contributed by atoms with E-state index in [1.807, 2.05) is 30.5 Å². The Hall–Kier alpha value is -0.710. The molecule has 1 aromatic heterocycles. The van der Waals surface area contributed by atoms with E-state index in [4.69, 9.17) is 4.74 Å². The molecule has 94 valence electrons. The number of fused-ring (bicyclic) bond motifs is 1. The van der Waals surface area contributed by atoms with Crippen LogP contribution >= 0.6 is 27.3 Å². The quantitative estimate of drug-likeness (QED) is 0.764. The van der Waals surface area contributed by atoms with Gasteiger partial charge in [-0.25, -0.2) is 0 Å². The molecule has 4 heteroatoms. The molecular formula is C14H13BrO2S. The van der Waals surface area contributed by atoms with E-state index in [0.29, 0.717) is 6.61 Å². The lowest BCUT2D eigenvalue weighted by Crippen LogP contribution is -2.34. The van der Waals surface area contributed by atoms with Crippen molar-refractivity contribution in [2.45, 2.75) is 25.4 Å². The monoisotopic (exact) mass is 324 g/mol. The molecule has 1 unspecified atom stereocenters. The van der Waals surface area contributed by atoms with Gasteiger partial charge in [0.05, 0.1) is 0 Å². The van der Waals surface area contributed by atoms with Gasteiger partial charge in [0.15, 0.2) is 5.78 Å². The van der Waals surface area contributed by atoms with E-state index < -0.39 is 5.60 Å². The highest BCUT2D eigenvalue weighted by Gasteiger charge is 2.39. The summed E-state index contributed by atoms with van der Waals surface area (Å²) in [6.45, 7) is 2.60. The van der Waals surface area contributed by atoms with E-state index in [9.17, 15) is 4.79 Å². The molecule has 1 atom stereocenters. The fraction of sp³-hybridized carbons (Fsp3) is 0.357. The fourth-order valence-corrected chi connectivity index (χ4v) is 4.04. The van der Waals surface area contributed by atoms with Crippen LogP contribution in [0.1, 0.15) is 30.1 Å². The number of thiophene rings is 1. The highest BCUT2D eigenvalue weighted by molar-refractivity contribution is 9.10. The number of Topliss-reactive ketones (excluding diaryl/α,β-unsaturated/α-hetero) is 1. The zero-order chi connectivity index (χ0) is 12.8. The van der Waals surface area contributed by atoms with Crippen LogP contribution in [-0.4, -0.2) is 18.0 Å². The van der Waals surface area contributed by atoms with E-state index in [-0.39, 0.29) is 5.78 Å². The molecule has 0 aliphatic carbocycles. The zero-order valence-corrected chi connectivity index (χ0v) is 12.4. The van der Waals surface area contributed by atoms with Gasteiger partial charge in [0.1, 0.15) is 5.60 Å². The molecule has 1 aromatic carbocycles. The Kier molecular flexibility index (Phi) is 3.04. The Morgan fingerprint density at radius 2 is 2.33 bits per heavy atom. The van der Waals surface area contributed by atoms with E-state index in [0.717, 1.165) is 33.0 Å². The van der Waals surface area contributed by atoms with Gasteiger partial charge < -0.3 is 4.74 Å². The summed E-state index contributed by atoms with van der Waals surface area (Å²) in [7, 11) is 0. The maximum atomic E-state index is 12.6. The summed E-state index contributed by atoms with van der Waals surface area (Å²) in [5.74, 6) is 0.115. The number of rotatable bonds is 2. The average Bonchev–Trinajstić information content (AvgIpc) is 2.96. The summed E-state index contributed by atoms with van der Waals surface area (Å²) < 4.78 is 7.82. The van der Waals surface area contributed by atoms with Crippen molar-refractivity contribution in [3.8, 4) is 0 Å². The van der Waals surface area contributed by atoms with Gasteiger partial charge in [0, 0.05) is 32.1 Å². The molecule has 0 N–H and O–H groups in total. The second-order valence-corrected chi connectivity index (χ2v) is 6.51. The molecule has 1 aliphatic heterocycles. The minimum atomic E-state index is -0.629. The van der Waals surface area contributed by atoms with E-state index in [1.54, 1.807) is 11.3 Å². The van der Waals surface area contributed by atoms with Crippen molar-refractivity contribution in [1.82, 2.24) is 0 Å². The third-order valence-corrected chi connectivity index (χ3v) is 5.45. The van der Waals surface area contributed by atoms with Gasteiger partial charge >= 0.3 is 0 Å². The molecule has 0 radical (unpaired) electrons. The van der Waals surface area contributed by atoms with Crippen molar-refractivity contribution >= 4 is 43.1 Å². The second kappa shape index (κ2) is 4.44. The van der Waals surface area contributed by atoms with Gasteiger partial charge in [-0.2, -0.15) is 0 Å². The lowest BCUT2D eigenvalue weighted by molar-refractivity contribution is 0.0215. The minimum absolute atomic E-state index is 0.115. The highest BCUT2D eigenvalue weighted by Crippen LogP contribution is 2.36. The van der Waals surface area contributed by atoms with E-state index >= 15 is 0 Å². The SMILES string of the molecule is CC1(C(=O)c2csc3c(Br)cccc23)CCCO1. The van der Waals surface area contributed by atoms with Crippen LogP contribution < -0.4 is 0 Å². The molecule has 18 heavy (non-hydrogen) atoms. The van der Waals surface area contributed by atoms with Crippen LogP contribution in [0.4, 0.5) is 0 Å². The van der Waals surface area contributed by atoms with Crippen LogP contribution in [0.15, 0.2) is 28.1 Å². The van der Waals surface area contributed by atoms with Gasteiger partial charge in [-0.1, -0.05) is 12.1 Å². The summed E-state index contributed by atoms with van der Waals surface area (Å²) >= 11 is 5.13. The molecule has 0 bridgehead atoms. The Morgan fingerprint density at radius 3 is 3.06 bits per heavy atom. The zero-order valence-electron chi connectivity index (χ0n) is 10.0. The first-order valence-corrected chi connectivity index (χ1v) is 7.63. The minimum Gasteiger partial charge on any atom is -0.367 e. The smallest absolute Gasteiger partial charge is 0.195 e. The van der Waals surface area contributed by atoms with Crippen molar-refractivity contribution in [2.24, 2.45) is 0 Å². The number of halogens is 1. The second-order valence-electron chi connectivity index (χ2n) is 4.78. The topological polar surface area (TPSA) is 26.3 Å². The van der Waals surface area contributed by atoms with E-state index in [2.05, 4.69) is 15.9 Å². The lowest BCUT2D eigenvalue weighted by Gasteiger charge is -2.20. The first-order chi connectivity index (χ1) is 8.62. The maximum absolute atomic E-state index is 12.6. The number of ketones is 1. The summed E-state index contributed by atoms with van der Waals surface area (Å²) in [6.07, 6.45) is 1.78. The van der Waals surface area contributed by atoms with Gasteiger partial charge in [0.2, 0.25) is 0 Å². The number of carbonyl (C=O) groups is 1. The number of hydrogen-bond donors (Lipinski definition) is 0. The highest BCUT2D eigenvalue weighted by atomic mass is 79.9. The van der Waals surface area contributed by atoms with Gasteiger partial charge in [-0.15, -0.1) is 11.3 Å². The van der Waals surface area contributed by atoms with Gasteiger partial charge in [-0.3, -0.25) is 4.79 Å². The first-order valence-electron chi connectivity index (χ1n) is 5.96. The van der Waals surface area contributed by atoms with Crippen LogP contribution in [0.3, 0.4) is 0 Å². The van der Waals surface area contributed by atoms with Crippen molar-refractivity contribution in [1.29, 1.82) is 0 Å². The molecular weight excluding hydrogens is 312 g/mol. The normalized spacial score (nSPS) is 23.7. The third-order valence-electron chi connectivity index (χ3n) is 3.50. The van der Waals surface area contributed by atoms with Crippen molar-refractivity contribution in [3.05, 3.63) is 33.6 Å². The molecule has 1 aliphatic rings. The summed E-state index contributed by atoms with van der Waals surface area (Å²) in [5.41, 5.74) is 0.164. The predicted molar refractivity (Wildman–Crippen MR) is 77.4 cm³/mol. The fourth-order valence-electron chi connectivity index (χ4n) is 2.44. The summed E-state index contributed by atoms with van der Waals surface area (Å²) in [5, 5.41) is 2.97. The molecule has 1 saturated heterocycles. The van der Waals surface area contributed by atoms with Crippen molar-refractivity contribution < 1.29 is 9.53 Å². The molecule has 0 spiro atoms. The molecule has 2 nitrogen and oxygen atoms in total. The lowest BCUT2D eigenvalue weighted by atomic mass is 9.92. The number of hydrogen-bond acceptors (Lipinski definition) is 3. The molecule has 1 fully saturated rings. The largest absolute Gasteiger partial charge is 0.367 e. The molecule has 0 amide bonds. The van der Waals surface area contributed by atoms with Crippen molar-refractivity contribution in [2.75, 3.05) is 6.61 Å². The molecule has 3 rings (SSSR count). The molecule has 0 saturated carbocycles. The van der Waals surface area contributed by atoms with Crippen LogP contribution in [-0.2, 0) is 4.74 Å². The number of benzene rings is 1. The standard InChI is InChI=1S/C14H13BrO2S/c1-14(6-3-7-17-14)13(16)10-8-18-12-9(10)4-2-5-11(12)15/h2,4-5,8H,3,6-7H2,1H3. The number of ether oxygens (including phenoxy) is 1. The van der Waals surface area contributed by atoms with Gasteiger partial charge in [0.25, 0.3) is 0 Å². The first kappa shape index (κ1) is 12.3. The number of carbonyl (C=O) groups excluding carboxylic acids is 1. The van der Waals surface area contributed by atoms with Crippen LogP contribution in [0.2, 0.25) is 0 Å². The summed E-state index contributed by atoms with van der Waals surface area (Å²) in [4.78, 5) is 12.6. The van der Waals surface area contributed by atoms with Crippen LogP contribution in [0, 0.1) is 0 Å². The predicted octanol–water partition coefficient (Wildman–Crippen LogP) is 4.42. The average molecular weight is 325 g/mol. The Balaban J connectivity index is 2.10. The molecule has 2 heterocycles. The van der Waals surface area contributed by atoms with Gasteiger partial charge in [-0.05, 0) is 41.8 Å². The maximum Gasteiger partial charge on any atom is 0.195 e. The Morgan fingerprint density at radius 1 is 1.50 bits per heavy atom. The third kappa shape index (κ3) is 1.83. The Labute approximate surface area is 118 Å². The van der Waals surface area contributed by atoms with E-state index in [1.165, 1.54) is 0 Å².